The number of carbonyl (C=O) groups is 1. The molecule has 0 aliphatic heterocycles. The third kappa shape index (κ3) is 4.20. The van der Waals surface area contributed by atoms with Gasteiger partial charge in [0.05, 0.1) is 0 Å². The van der Waals surface area contributed by atoms with Crippen molar-refractivity contribution in [1.29, 1.82) is 0 Å². The van der Waals surface area contributed by atoms with E-state index in [1.54, 1.807) is 30.6 Å². The predicted molar refractivity (Wildman–Crippen MR) is 95.1 cm³/mol. The maximum atomic E-state index is 13.2. The summed E-state index contributed by atoms with van der Waals surface area (Å²) in [5.74, 6) is 0.104. The number of hydrogen-bond donors (Lipinski definition) is 1. The highest BCUT2D eigenvalue weighted by Crippen LogP contribution is 2.20. The largest absolute Gasteiger partial charge is 0.339 e. The summed E-state index contributed by atoms with van der Waals surface area (Å²) in [4.78, 5) is 16.7. The van der Waals surface area contributed by atoms with Crippen LogP contribution in [0.15, 0.2) is 73.1 Å². The van der Waals surface area contributed by atoms with Gasteiger partial charge in [0.15, 0.2) is 0 Å². The minimum Gasteiger partial charge on any atom is -0.339 e. The molecule has 1 atom stereocenters. The van der Waals surface area contributed by atoms with Crippen LogP contribution >= 0.6 is 0 Å². The molecule has 0 aliphatic carbocycles. The molecule has 1 N–H and O–H groups in total. The summed E-state index contributed by atoms with van der Waals surface area (Å²) in [6, 6.07) is 15.1. The summed E-state index contributed by atoms with van der Waals surface area (Å²) in [5, 5.41) is 2.93. The Bertz CT molecular complexity index is 869. The van der Waals surface area contributed by atoms with E-state index in [1.807, 2.05) is 41.9 Å². The molecule has 1 heterocycles. The molecule has 126 valence electrons. The zero-order chi connectivity index (χ0) is 17.6. The van der Waals surface area contributed by atoms with Crippen molar-refractivity contribution < 1.29 is 9.18 Å². The second-order valence-corrected chi connectivity index (χ2v) is 5.63. The number of rotatable bonds is 5. The fraction of sp³-hybridized carbons (Fsp3) is 0.100. The van der Waals surface area contributed by atoms with Crippen molar-refractivity contribution in [2.45, 2.75) is 6.04 Å². The molecule has 0 saturated heterocycles. The van der Waals surface area contributed by atoms with E-state index in [1.165, 1.54) is 18.2 Å². The zero-order valence-corrected chi connectivity index (χ0v) is 13.8. The lowest BCUT2D eigenvalue weighted by atomic mass is 10.1. The van der Waals surface area contributed by atoms with E-state index in [-0.39, 0.29) is 11.7 Å². The van der Waals surface area contributed by atoms with Crippen LogP contribution in [0, 0.1) is 5.82 Å². The number of halogens is 1. The third-order valence-electron chi connectivity index (χ3n) is 3.83. The quantitative estimate of drug-likeness (QED) is 0.726. The number of aryl methyl sites for hydroxylation is 1. The van der Waals surface area contributed by atoms with E-state index in [9.17, 15) is 9.18 Å². The number of amides is 1. The molecule has 0 bridgehead atoms. The minimum absolute atomic E-state index is 0.249. The van der Waals surface area contributed by atoms with E-state index in [0.717, 1.165) is 11.1 Å². The Morgan fingerprint density at radius 1 is 1.16 bits per heavy atom. The number of aromatic nitrogens is 2. The molecule has 4 nitrogen and oxygen atoms in total. The van der Waals surface area contributed by atoms with Gasteiger partial charge in [-0.3, -0.25) is 4.79 Å². The van der Waals surface area contributed by atoms with Gasteiger partial charge in [-0.05, 0) is 29.3 Å². The molecule has 0 radical (unpaired) electrons. The van der Waals surface area contributed by atoms with Crippen molar-refractivity contribution in [3.63, 3.8) is 0 Å². The van der Waals surface area contributed by atoms with E-state index in [2.05, 4.69) is 10.3 Å². The van der Waals surface area contributed by atoms with Gasteiger partial charge in [0.2, 0.25) is 5.91 Å². The Morgan fingerprint density at radius 3 is 2.52 bits per heavy atom. The third-order valence-corrected chi connectivity index (χ3v) is 3.83. The maximum absolute atomic E-state index is 13.2. The SMILES string of the molecule is Cn1ccnc1C(NC(=O)/C=C/c1ccccc1)c1ccc(F)cc1. The Balaban J connectivity index is 1.83. The summed E-state index contributed by atoms with van der Waals surface area (Å²) in [6.45, 7) is 0. The van der Waals surface area contributed by atoms with Crippen LogP contribution in [0.25, 0.3) is 6.08 Å². The molecule has 0 saturated carbocycles. The van der Waals surface area contributed by atoms with Gasteiger partial charge in [0, 0.05) is 25.5 Å². The van der Waals surface area contributed by atoms with Gasteiger partial charge in [0.25, 0.3) is 0 Å². The van der Waals surface area contributed by atoms with E-state index < -0.39 is 6.04 Å². The highest BCUT2D eigenvalue weighted by Gasteiger charge is 2.19. The molecule has 25 heavy (non-hydrogen) atoms. The average Bonchev–Trinajstić information content (AvgIpc) is 3.05. The summed E-state index contributed by atoms with van der Waals surface area (Å²) in [7, 11) is 1.85. The van der Waals surface area contributed by atoms with Gasteiger partial charge in [-0.25, -0.2) is 9.37 Å². The van der Waals surface area contributed by atoms with E-state index >= 15 is 0 Å². The highest BCUT2D eigenvalue weighted by molar-refractivity contribution is 5.92. The second kappa shape index (κ2) is 7.57. The predicted octanol–water partition coefficient (Wildman–Crippen LogP) is 3.48. The van der Waals surface area contributed by atoms with Crippen LogP contribution in [-0.4, -0.2) is 15.5 Å². The minimum atomic E-state index is -0.464. The molecule has 2 aromatic carbocycles. The smallest absolute Gasteiger partial charge is 0.244 e. The lowest BCUT2D eigenvalue weighted by molar-refractivity contribution is -0.117. The van der Waals surface area contributed by atoms with Crippen LogP contribution in [-0.2, 0) is 11.8 Å². The summed E-state index contributed by atoms with van der Waals surface area (Å²) in [6.07, 6.45) is 6.69. The number of carbonyl (C=O) groups excluding carboxylic acids is 1. The van der Waals surface area contributed by atoms with Gasteiger partial charge in [-0.15, -0.1) is 0 Å². The monoisotopic (exact) mass is 335 g/mol. The maximum Gasteiger partial charge on any atom is 0.244 e. The number of nitrogens with one attached hydrogen (secondary N) is 1. The van der Waals surface area contributed by atoms with Crippen LogP contribution < -0.4 is 5.32 Å². The van der Waals surface area contributed by atoms with Crippen LogP contribution in [0.5, 0.6) is 0 Å². The van der Waals surface area contributed by atoms with Crippen molar-refractivity contribution in [3.8, 4) is 0 Å². The van der Waals surface area contributed by atoms with Crippen molar-refractivity contribution in [1.82, 2.24) is 14.9 Å². The first-order chi connectivity index (χ1) is 12.1. The first kappa shape index (κ1) is 16.6. The van der Waals surface area contributed by atoms with Gasteiger partial charge in [-0.1, -0.05) is 42.5 Å². The van der Waals surface area contributed by atoms with E-state index in [4.69, 9.17) is 0 Å². The number of hydrogen-bond acceptors (Lipinski definition) is 2. The van der Waals surface area contributed by atoms with Crippen LogP contribution in [0.4, 0.5) is 4.39 Å². The number of nitrogens with zero attached hydrogens (tertiary/aromatic N) is 2. The molecule has 3 aromatic rings. The molecular formula is C20H18FN3O. The molecule has 0 fully saturated rings. The molecule has 5 heteroatoms. The number of benzene rings is 2. The molecule has 1 unspecified atom stereocenters. The zero-order valence-electron chi connectivity index (χ0n) is 13.8. The first-order valence-electron chi connectivity index (χ1n) is 7.90. The molecule has 1 aromatic heterocycles. The Labute approximate surface area is 145 Å². The normalized spacial score (nSPS) is 12.2. The van der Waals surface area contributed by atoms with Crippen molar-refractivity contribution >= 4 is 12.0 Å². The van der Waals surface area contributed by atoms with Crippen molar-refractivity contribution in [3.05, 3.63) is 95.8 Å². The van der Waals surface area contributed by atoms with Crippen molar-refractivity contribution in [2.75, 3.05) is 0 Å². The standard InChI is InChI=1S/C20H18FN3O/c1-24-14-13-22-20(24)19(16-8-10-17(21)11-9-16)23-18(25)12-7-15-5-3-2-4-6-15/h2-14,19H,1H3,(H,23,25)/b12-7+. The molecule has 3 rings (SSSR count). The second-order valence-electron chi connectivity index (χ2n) is 5.63. The van der Waals surface area contributed by atoms with Crippen LogP contribution in [0.3, 0.4) is 0 Å². The lowest BCUT2D eigenvalue weighted by Gasteiger charge is -2.18. The van der Waals surface area contributed by atoms with E-state index in [0.29, 0.717) is 5.82 Å². The highest BCUT2D eigenvalue weighted by atomic mass is 19.1. The average molecular weight is 335 g/mol. The van der Waals surface area contributed by atoms with Gasteiger partial charge >= 0.3 is 0 Å². The Kier molecular flexibility index (Phi) is 5.04. The van der Waals surface area contributed by atoms with Gasteiger partial charge in [-0.2, -0.15) is 0 Å². The van der Waals surface area contributed by atoms with Crippen LogP contribution in [0.1, 0.15) is 23.0 Å². The fourth-order valence-corrected chi connectivity index (χ4v) is 2.53. The molecule has 1 amide bonds. The topological polar surface area (TPSA) is 46.9 Å². The fourth-order valence-electron chi connectivity index (χ4n) is 2.53. The Hall–Kier alpha value is -3.21. The number of imidazole rings is 1. The summed E-state index contributed by atoms with van der Waals surface area (Å²) < 4.78 is 15.1. The Morgan fingerprint density at radius 2 is 1.88 bits per heavy atom. The molecular weight excluding hydrogens is 317 g/mol. The molecule has 0 spiro atoms. The first-order valence-corrected chi connectivity index (χ1v) is 7.90. The molecule has 0 aliphatic rings. The summed E-state index contributed by atoms with van der Waals surface area (Å²) >= 11 is 0. The van der Waals surface area contributed by atoms with Gasteiger partial charge < -0.3 is 9.88 Å². The van der Waals surface area contributed by atoms with Gasteiger partial charge in [0.1, 0.15) is 17.7 Å². The summed E-state index contributed by atoms with van der Waals surface area (Å²) in [5.41, 5.74) is 1.70. The lowest BCUT2D eigenvalue weighted by Crippen LogP contribution is -2.29. The van der Waals surface area contributed by atoms with Crippen molar-refractivity contribution in [2.24, 2.45) is 7.05 Å². The van der Waals surface area contributed by atoms with Crippen LogP contribution in [0.2, 0.25) is 0 Å².